The second-order valence-corrected chi connectivity index (χ2v) is 3.72. The van der Waals surface area contributed by atoms with Crippen LogP contribution in [0.1, 0.15) is 26.3 Å². The third kappa shape index (κ3) is 1.52. The maximum absolute atomic E-state index is 11.6. The largest absolute Gasteiger partial charge is 0.420 e. The highest BCUT2D eigenvalue weighted by molar-refractivity contribution is 5.76. The van der Waals surface area contributed by atoms with Crippen molar-refractivity contribution in [3.05, 3.63) is 28.7 Å². The van der Waals surface area contributed by atoms with Crippen LogP contribution in [0.15, 0.2) is 27.4 Å². The molecule has 2 aromatic rings. The molecule has 2 N–H and O–H groups in total. The molecular weight excluding hydrogens is 192 g/mol. The van der Waals surface area contributed by atoms with Crippen LogP contribution in [-0.2, 0) is 0 Å². The Balaban J connectivity index is 2.74. The van der Waals surface area contributed by atoms with Crippen molar-refractivity contribution < 1.29 is 4.42 Å². The van der Waals surface area contributed by atoms with Gasteiger partial charge in [0.05, 0.1) is 5.52 Å². The number of aromatic nitrogens is 1. The number of nitrogens with zero attached hydrogens (tertiary/aromatic N) is 1. The van der Waals surface area contributed by atoms with Crippen LogP contribution in [0.2, 0.25) is 0 Å². The fourth-order valence-corrected chi connectivity index (χ4v) is 1.65. The standard InChI is InChI=1S/C11H14N2O2/c1-3-7(2)13-9-5-4-8(12)6-10(9)15-11(13)14/h4-7H,3,12H2,1-2H3. The summed E-state index contributed by atoms with van der Waals surface area (Å²) in [5.74, 6) is -0.315. The van der Waals surface area contributed by atoms with Gasteiger partial charge in [-0.25, -0.2) is 4.79 Å². The zero-order valence-electron chi connectivity index (χ0n) is 8.86. The summed E-state index contributed by atoms with van der Waals surface area (Å²) in [6.07, 6.45) is 0.888. The van der Waals surface area contributed by atoms with Gasteiger partial charge in [0.25, 0.3) is 0 Å². The summed E-state index contributed by atoms with van der Waals surface area (Å²) in [5.41, 5.74) is 7.59. The zero-order valence-corrected chi connectivity index (χ0v) is 8.86. The van der Waals surface area contributed by atoms with E-state index in [1.54, 1.807) is 16.7 Å². The Bertz CT molecular complexity index is 539. The van der Waals surface area contributed by atoms with Crippen molar-refractivity contribution >= 4 is 16.8 Å². The number of hydrogen-bond donors (Lipinski definition) is 1. The van der Waals surface area contributed by atoms with E-state index in [0.29, 0.717) is 11.3 Å². The van der Waals surface area contributed by atoms with E-state index < -0.39 is 0 Å². The van der Waals surface area contributed by atoms with Gasteiger partial charge in [0.1, 0.15) is 0 Å². The number of rotatable bonds is 2. The van der Waals surface area contributed by atoms with Gasteiger partial charge in [-0.1, -0.05) is 6.92 Å². The summed E-state index contributed by atoms with van der Waals surface area (Å²) in [4.78, 5) is 11.6. The predicted octanol–water partition coefficient (Wildman–Crippen LogP) is 2.15. The van der Waals surface area contributed by atoms with E-state index in [2.05, 4.69) is 0 Å². The number of benzene rings is 1. The molecule has 0 amide bonds. The third-order valence-electron chi connectivity index (χ3n) is 2.67. The van der Waals surface area contributed by atoms with E-state index in [1.807, 2.05) is 19.9 Å². The average molecular weight is 206 g/mol. The lowest BCUT2D eigenvalue weighted by atomic mass is 10.2. The zero-order chi connectivity index (χ0) is 11.0. The summed E-state index contributed by atoms with van der Waals surface area (Å²) in [7, 11) is 0. The second-order valence-electron chi connectivity index (χ2n) is 3.72. The maximum atomic E-state index is 11.6. The molecule has 4 heteroatoms. The van der Waals surface area contributed by atoms with Crippen LogP contribution in [-0.4, -0.2) is 4.57 Å². The number of oxazole rings is 1. The summed E-state index contributed by atoms with van der Waals surface area (Å²) < 4.78 is 6.79. The van der Waals surface area contributed by atoms with Gasteiger partial charge >= 0.3 is 5.76 Å². The number of anilines is 1. The molecule has 0 saturated heterocycles. The molecule has 1 atom stereocenters. The second kappa shape index (κ2) is 3.46. The summed E-state index contributed by atoms with van der Waals surface area (Å²) in [6.45, 7) is 4.03. The molecule has 1 aromatic heterocycles. The van der Waals surface area contributed by atoms with Crippen LogP contribution in [0.5, 0.6) is 0 Å². The predicted molar refractivity (Wildman–Crippen MR) is 59.9 cm³/mol. The molecule has 2 rings (SSSR count). The molecule has 15 heavy (non-hydrogen) atoms. The van der Waals surface area contributed by atoms with Crippen molar-refractivity contribution in [2.24, 2.45) is 0 Å². The minimum Gasteiger partial charge on any atom is -0.408 e. The van der Waals surface area contributed by atoms with Crippen molar-refractivity contribution in [3.8, 4) is 0 Å². The molecule has 1 unspecified atom stereocenters. The highest BCUT2D eigenvalue weighted by Gasteiger charge is 2.13. The van der Waals surface area contributed by atoms with Crippen LogP contribution < -0.4 is 11.5 Å². The lowest BCUT2D eigenvalue weighted by Gasteiger charge is -2.08. The molecule has 0 aliphatic heterocycles. The minimum absolute atomic E-state index is 0.141. The van der Waals surface area contributed by atoms with Crippen LogP contribution in [0.3, 0.4) is 0 Å². The van der Waals surface area contributed by atoms with Crippen molar-refractivity contribution in [1.82, 2.24) is 4.57 Å². The molecule has 0 fully saturated rings. The van der Waals surface area contributed by atoms with Crippen molar-refractivity contribution in [1.29, 1.82) is 0 Å². The first kappa shape index (κ1) is 9.83. The first-order chi connectivity index (χ1) is 7.13. The molecule has 1 heterocycles. The summed E-state index contributed by atoms with van der Waals surface area (Å²) in [6, 6.07) is 5.41. The van der Waals surface area contributed by atoms with E-state index in [9.17, 15) is 4.79 Å². The van der Waals surface area contributed by atoms with Crippen LogP contribution in [0, 0.1) is 0 Å². The third-order valence-corrected chi connectivity index (χ3v) is 2.67. The smallest absolute Gasteiger partial charge is 0.408 e. The van der Waals surface area contributed by atoms with E-state index in [-0.39, 0.29) is 11.8 Å². The van der Waals surface area contributed by atoms with Gasteiger partial charge in [0.15, 0.2) is 5.58 Å². The van der Waals surface area contributed by atoms with Gasteiger partial charge in [0.2, 0.25) is 0 Å². The molecule has 0 saturated carbocycles. The van der Waals surface area contributed by atoms with Crippen LogP contribution >= 0.6 is 0 Å². The van der Waals surface area contributed by atoms with Gasteiger partial charge < -0.3 is 10.2 Å². The topological polar surface area (TPSA) is 61.2 Å². The van der Waals surface area contributed by atoms with Gasteiger partial charge in [-0.2, -0.15) is 0 Å². The van der Waals surface area contributed by atoms with E-state index in [4.69, 9.17) is 10.2 Å². The monoisotopic (exact) mass is 206 g/mol. The fourth-order valence-electron chi connectivity index (χ4n) is 1.65. The van der Waals surface area contributed by atoms with Crippen molar-refractivity contribution in [3.63, 3.8) is 0 Å². The first-order valence-electron chi connectivity index (χ1n) is 5.04. The molecule has 1 aromatic carbocycles. The average Bonchev–Trinajstić information content (AvgIpc) is 2.52. The Hall–Kier alpha value is -1.71. The number of nitrogens with two attached hydrogens (primary N) is 1. The normalized spacial score (nSPS) is 13.2. The lowest BCUT2D eigenvalue weighted by molar-refractivity contribution is 0.452. The van der Waals surface area contributed by atoms with E-state index in [0.717, 1.165) is 11.9 Å². The Morgan fingerprint density at radius 3 is 2.93 bits per heavy atom. The lowest BCUT2D eigenvalue weighted by Crippen LogP contribution is -2.17. The molecule has 80 valence electrons. The summed E-state index contributed by atoms with van der Waals surface area (Å²) in [5, 5.41) is 0. The SMILES string of the molecule is CCC(C)n1c(=O)oc2cc(N)ccc21. The highest BCUT2D eigenvalue weighted by Crippen LogP contribution is 2.20. The Morgan fingerprint density at radius 1 is 1.53 bits per heavy atom. The summed E-state index contributed by atoms with van der Waals surface area (Å²) >= 11 is 0. The fraction of sp³-hybridized carbons (Fsp3) is 0.364. The molecule has 4 nitrogen and oxygen atoms in total. The van der Waals surface area contributed by atoms with Gasteiger partial charge in [-0.05, 0) is 25.5 Å². The number of hydrogen-bond acceptors (Lipinski definition) is 3. The van der Waals surface area contributed by atoms with Gasteiger partial charge in [-0.15, -0.1) is 0 Å². The highest BCUT2D eigenvalue weighted by atomic mass is 16.4. The maximum Gasteiger partial charge on any atom is 0.420 e. The minimum atomic E-state index is -0.315. The molecule has 0 aliphatic rings. The first-order valence-corrected chi connectivity index (χ1v) is 5.04. The number of nitrogen functional groups attached to an aromatic ring is 1. The van der Waals surface area contributed by atoms with Gasteiger partial charge in [0, 0.05) is 17.8 Å². The van der Waals surface area contributed by atoms with Gasteiger partial charge in [-0.3, -0.25) is 4.57 Å². The quantitative estimate of drug-likeness (QED) is 0.766. The van der Waals surface area contributed by atoms with Crippen molar-refractivity contribution in [2.45, 2.75) is 26.3 Å². The van der Waals surface area contributed by atoms with Crippen molar-refractivity contribution in [2.75, 3.05) is 5.73 Å². The van der Waals surface area contributed by atoms with E-state index in [1.165, 1.54) is 0 Å². The van der Waals surface area contributed by atoms with Crippen LogP contribution in [0.25, 0.3) is 11.1 Å². The van der Waals surface area contributed by atoms with E-state index >= 15 is 0 Å². The molecule has 0 radical (unpaired) electrons. The molecule has 0 spiro atoms. The molecule has 0 aliphatic carbocycles. The molecular formula is C11H14N2O2. The number of fused-ring (bicyclic) bond motifs is 1. The Morgan fingerprint density at radius 2 is 2.27 bits per heavy atom. The Kier molecular flexibility index (Phi) is 2.26. The van der Waals surface area contributed by atoms with Crippen LogP contribution in [0.4, 0.5) is 5.69 Å². The molecule has 0 bridgehead atoms. The Labute approximate surface area is 87.3 Å².